The molecular weight excluding hydrogens is 775 g/mol. The third-order valence-electron chi connectivity index (χ3n) is 13.0. The van der Waals surface area contributed by atoms with Crippen molar-refractivity contribution in [3.63, 3.8) is 0 Å². The second-order valence-electron chi connectivity index (χ2n) is 17.2. The van der Waals surface area contributed by atoms with Crippen LogP contribution in [0.15, 0.2) is 236 Å². The van der Waals surface area contributed by atoms with Crippen LogP contribution in [0.4, 0.5) is 17.1 Å². The Morgan fingerprint density at radius 1 is 0.531 bits per heavy atom. The van der Waals surface area contributed by atoms with Gasteiger partial charge < -0.3 is 16.4 Å². The minimum Gasteiger partial charge on any atom is -0.398 e. The van der Waals surface area contributed by atoms with E-state index in [9.17, 15) is 0 Å². The molecule has 0 saturated carbocycles. The molecule has 0 saturated heterocycles. The minimum atomic E-state index is -0.510. The number of benzene rings is 8. The Morgan fingerprint density at radius 3 is 1.70 bits per heavy atom. The number of fused-ring (bicyclic) bond motifs is 6. The van der Waals surface area contributed by atoms with Crippen LogP contribution in [-0.2, 0) is 5.41 Å². The van der Waals surface area contributed by atoms with Gasteiger partial charge in [-0.25, -0.2) is 0 Å². The number of anilines is 3. The monoisotopic (exact) mass is 825 g/mol. The molecule has 0 amide bonds. The average molecular weight is 826 g/mol. The first kappa shape index (κ1) is 40.4. The van der Waals surface area contributed by atoms with Gasteiger partial charge in [-0.2, -0.15) is 0 Å². The molecule has 3 heteroatoms. The molecule has 1 aliphatic heterocycles. The van der Waals surface area contributed by atoms with Gasteiger partial charge in [-0.1, -0.05) is 188 Å². The smallest absolute Gasteiger partial charge is 0.0714 e. The van der Waals surface area contributed by atoms with Crippen LogP contribution >= 0.6 is 0 Å². The summed E-state index contributed by atoms with van der Waals surface area (Å²) in [6, 6.07) is 71.6. The van der Waals surface area contributed by atoms with Crippen LogP contribution in [-0.4, -0.2) is 0 Å². The van der Waals surface area contributed by atoms with Gasteiger partial charge in [0.15, 0.2) is 0 Å². The highest BCUT2D eigenvalue weighted by atomic mass is 15.2. The molecule has 0 bridgehead atoms. The van der Waals surface area contributed by atoms with Crippen molar-refractivity contribution in [1.29, 1.82) is 0 Å². The molecule has 64 heavy (non-hydrogen) atoms. The molecule has 0 aromatic heterocycles. The lowest BCUT2D eigenvalue weighted by Gasteiger charge is -2.45. The summed E-state index contributed by atoms with van der Waals surface area (Å²) in [5.74, 6) is 0. The lowest BCUT2D eigenvalue weighted by atomic mass is 9.64. The standard InChI is InChI=1S/C61H51N3/c1-41(2)16-14-23-52-42(3)61(54-24-10-12-26-59(54)64(51-21-8-5-9-22-51)60-27-13-11-25-55(60)61)56-39-50(36-37-53(52)56)49-20-15-19-48(38-49)45-30-34-47(35-31-45)58(63)40-57(62)46-32-28-44(29-33-46)43-17-6-4-7-18-43/h4-40,57H,62-63H2,1-3H3/b23-14-,58-40-. The van der Waals surface area contributed by atoms with E-state index in [2.05, 4.69) is 238 Å². The van der Waals surface area contributed by atoms with Crippen LogP contribution in [0.1, 0.15) is 60.2 Å². The third-order valence-corrected chi connectivity index (χ3v) is 13.0. The largest absolute Gasteiger partial charge is 0.398 e. The average Bonchev–Trinajstić information content (AvgIpc) is 3.58. The van der Waals surface area contributed by atoms with E-state index in [0.717, 1.165) is 39.1 Å². The van der Waals surface area contributed by atoms with Crippen molar-refractivity contribution in [2.24, 2.45) is 11.5 Å². The van der Waals surface area contributed by atoms with E-state index in [1.54, 1.807) is 0 Å². The first-order valence-electron chi connectivity index (χ1n) is 22.1. The molecule has 1 atom stereocenters. The number of para-hydroxylation sites is 3. The van der Waals surface area contributed by atoms with E-state index >= 15 is 0 Å². The summed E-state index contributed by atoms with van der Waals surface area (Å²) in [6.07, 6.45) is 8.66. The van der Waals surface area contributed by atoms with Crippen molar-refractivity contribution in [2.75, 3.05) is 4.90 Å². The summed E-state index contributed by atoms with van der Waals surface area (Å²) in [6.45, 7) is 6.64. The zero-order valence-electron chi connectivity index (χ0n) is 36.5. The fourth-order valence-electron chi connectivity index (χ4n) is 9.87. The molecule has 8 aromatic rings. The Hall–Kier alpha value is -7.72. The molecule has 8 aromatic carbocycles. The highest BCUT2D eigenvalue weighted by molar-refractivity contribution is 5.97. The third kappa shape index (κ3) is 7.10. The van der Waals surface area contributed by atoms with Gasteiger partial charge in [0.1, 0.15) is 0 Å². The topological polar surface area (TPSA) is 55.3 Å². The molecule has 1 spiro atoms. The molecule has 1 heterocycles. The van der Waals surface area contributed by atoms with Crippen molar-refractivity contribution in [3.8, 4) is 33.4 Å². The quantitative estimate of drug-likeness (QED) is 0.143. The zero-order valence-corrected chi connectivity index (χ0v) is 36.5. The van der Waals surface area contributed by atoms with Gasteiger partial charge in [0.25, 0.3) is 0 Å². The van der Waals surface area contributed by atoms with Crippen LogP contribution in [0.2, 0.25) is 0 Å². The number of nitrogens with zero attached hydrogens (tertiary/aromatic N) is 1. The Balaban J connectivity index is 1.01. The van der Waals surface area contributed by atoms with E-state index < -0.39 is 5.41 Å². The summed E-state index contributed by atoms with van der Waals surface area (Å²) >= 11 is 0. The second-order valence-corrected chi connectivity index (χ2v) is 17.2. The second kappa shape index (κ2) is 16.9. The Kier molecular flexibility index (Phi) is 10.6. The van der Waals surface area contributed by atoms with E-state index in [4.69, 9.17) is 11.5 Å². The highest BCUT2D eigenvalue weighted by Crippen LogP contribution is 2.62. The van der Waals surface area contributed by atoms with Gasteiger partial charge >= 0.3 is 0 Å². The maximum absolute atomic E-state index is 6.67. The Morgan fingerprint density at radius 2 is 1.05 bits per heavy atom. The van der Waals surface area contributed by atoms with Gasteiger partial charge in [-0.15, -0.1) is 0 Å². The summed E-state index contributed by atoms with van der Waals surface area (Å²) in [5, 5.41) is 0. The lowest BCUT2D eigenvalue weighted by molar-refractivity contribution is 0.730. The normalized spacial score (nSPS) is 14.3. The van der Waals surface area contributed by atoms with E-state index in [-0.39, 0.29) is 6.04 Å². The van der Waals surface area contributed by atoms with Gasteiger partial charge in [-0.3, -0.25) is 0 Å². The number of allylic oxidation sites excluding steroid dienone is 6. The lowest BCUT2D eigenvalue weighted by Crippen LogP contribution is -2.36. The summed E-state index contributed by atoms with van der Waals surface area (Å²) in [4.78, 5) is 2.43. The van der Waals surface area contributed by atoms with Crippen molar-refractivity contribution in [1.82, 2.24) is 0 Å². The fraction of sp³-hybridized carbons (Fsp3) is 0.0820. The predicted molar refractivity (Wildman–Crippen MR) is 270 cm³/mol. The molecule has 10 rings (SSSR count). The minimum absolute atomic E-state index is 0.325. The summed E-state index contributed by atoms with van der Waals surface area (Å²) in [7, 11) is 0. The summed E-state index contributed by atoms with van der Waals surface area (Å²) in [5.41, 5.74) is 34.9. The molecule has 310 valence electrons. The van der Waals surface area contributed by atoms with Crippen LogP contribution in [0.3, 0.4) is 0 Å². The van der Waals surface area contributed by atoms with Gasteiger partial charge in [0.05, 0.1) is 22.8 Å². The summed E-state index contributed by atoms with van der Waals surface area (Å²) < 4.78 is 0. The highest BCUT2D eigenvalue weighted by Gasteiger charge is 2.51. The van der Waals surface area contributed by atoms with Crippen LogP contribution in [0.5, 0.6) is 0 Å². The van der Waals surface area contributed by atoms with E-state index in [1.807, 2.05) is 12.1 Å². The van der Waals surface area contributed by atoms with Gasteiger partial charge in [-0.05, 0) is 141 Å². The number of rotatable bonds is 9. The van der Waals surface area contributed by atoms with Crippen LogP contribution < -0.4 is 16.4 Å². The molecule has 4 N–H and O–H groups in total. The Labute approximate surface area is 377 Å². The molecule has 1 unspecified atom stereocenters. The maximum Gasteiger partial charge on any atom is 0.0714 e. The molecular formula is C61H51N3. The van der Waals surface area contributed by atoms with Crippen molar-refractivity contribution in [3.05, 3.63) is 269 Å². The van der Waals surface area contributed by atoms with Crippen molar-refractivity contribution >= 4 is 28.3 Å². The first-order valence-corrected chi connectivity index (χ1v) is 22.1. The van der Waals surface area contributed by atoms with Crippen molar-refractivity contribution < 1.29 is 0 Å². The predicted octanol–water partition coefficient (Wildman–Crippen LogP) is 15.1. The molecule has 0 fully saturated rings. The Bertz CT molecular complexity index is 3080. The van der Waals surface area contributed by atoms with Crippen LogP contribution in [0.25, 0.3) is 44.7 Å². The fourth-order valence-corrected chi connectivity index (χ4v) is 9.87. The van der Waals surface area contributed by atoms with Crippen LogP contribution in [0, 0.1) is 0 Å². The zero-order chi connectivity index (χ0) is 43.8. The molecule has 1 aliphatic carbocycles. The molecule has 0 radical (unpaired) electrons. The van der Waals surface area contributed by atoms with E-state index in [0.29, 0.717) is 5.70 Å². The number of nitrogens with two attached hydrogens (primary N) is 2. The van der Waals surface area contributed by atoms with Gasteiger partial charge in [0, 0.05) is 11.4 Å². The number of hydrogen-bond acceptors (Lipinski definition) is 3. The van der Waals surface area contributed by atoms with Crippen molar-refractivity contribution in [2.45, 2.75) is 32.2 Å². The molecule has 2 aliphatic rings. The maximum atomic E-state index is 6.67. The van der Waals surface area contributed by atoms with Gasteiger partial charge in [0.2, 0.25) is 0 Å². The molecule has 3 nitrogen and oxygen atoms in total. The SMILES string of the molecule is CC(C)=C/C=C\C1=C(C)C2(c3cc(-c4cccc(-c5ccc(/C(N)=C/C(N)c6ccc(-c7ccccc7)cc6)cc5)c4)ccc31)c1ccccc1N(c1ccccc1)c1ccccc12. The first-order chi connectivity index (χ1) is 31.3. The van der Waals surface area contributed by atoms with E-state index in [1.165, 1.54) is 61.5 Å². The number of hydrogen-bond donors (Lipinski definition) is 2.